The van der Waals surface area contributed by atoms with Gasteiger partial charge >= 0.3 is 0 Å². The Morgan fingerprint density at radius 3 is 2.56 bits per heavy atom. The lowest BCUT2D eigenvalue weighted by atomic mass is 10.2. The van der Waals surface area contributed by atoms with Crippen molar-refractivity contribution in [3.63, 3.8) is 0 Å². The van der Waals surface area contributed by atoms with Crippen molar-refractivity contribution < 1.29 is 18.0 Å². The van der Waals surface area contributed by atoms with Gasteiger partial charge in [-0.15, -0.1) is 11.6 Å². The van der Waals surface area contributed by atoms with Crippen LogP contribution in [0.3, 0.4) is 0 Å². The van der Waals surface area contributed by atoms with Gasteiger partial charge in [-0.25, -0.2) is 13.2 Å². The minimum Gasteiger partial charge on any atom is -0.332 e. The number of rotatable bonds is 5. The standard InChI is InChI=1S/C11H10BrClF3NO/c12-8-3-7(4-9(14)5-8)11(18)17(2-1-13)6-10(15)16/h3-5,10H,1-2,6H2. The van der Waals surface area contributed by atoms with E-state index in [0.717, 1.165) is 11.0 Å². The van der Waals surface area contributed by atoms with Crippen LogP contribution in [0.15, 0.2) is 22.7 Å². The van der Waals surface area contributed by atoms with Crippen LogP contribution in [-0.2, 0) is 0 Å². The van der Waals surface area contributed by atoms with Crippen LogP contribution < -0.4 is 0 Å². The van der Waals surface area contributed by atoms with Crippen LogP contribution in [0.25, 0.3) is 0 Å². The molecule has 7 heteroatoms. The molecule has 1 amide bonds. The Bertz CT molecular complexity index is 410. The third kappa shape index (κ3) is 4.49. The van der Waals surface area contributed by atoms with E-state index >= 15 is 0 Å². The number of alkyl halides is 3. The summed E-state index contributed by atoms with van der Waals surface area (Å²) < 4.78 is 38.1. The molecule has 0 saturated carbocycles. The summed E-state index contributed by atoms with van der Waals surface area (Å²) >= 11 is 8.49. The highest BCUT2D eigenvalue weighted by Gasteiger charge is 2.20. The Kier molecular flexibility index (Phi) is 5.95. The fourth-order valence-electron chi connectivity index (χ4n) is 1.40. The van der Waals surface area contributed by atoms with Crippen LogP contribution >= 0.6 is 27.5 Å². The zero-order chi connectivity index (χ0) is 13.7. The highest BCUT2D eigenvalue weighted by atomic mass is 79.9. The molecular formula is C11H10BrClF3NO. The first-order chi connectivity index (χ1) is 8.43. The summed E-state index contributed by atoms with van der Waals surface area (Å²) in [6.45, 7) is -0.738. The maximum Gasteiger partial charge on any atom is 0.255 e. The van der Waals surface area contributed by atoms with Crippen molar-refractivity contribution in [3.8, 4) is 0 Å². The fraction of sp³-hybridized carbons (Fsp3) is 0.364. The third-order valence-corrected chi connectivity index (χ3v) is 2.74. The lowest BCUT2D eigenvalue weighted by Crippen LogP contribution is -2.36. The Hall–Kier alpha value is -0.750. The second-order valence-electron chi connectivity index (χ2n) is 3.49. The molecule has 0 atom stereocenters. The average molecular weight is 345 g/mol. The van der Waals surface area contributed by atoms with Crippen molar-refractivity contribution in [1.82, 2.24) is 4.90 Å². The van der Waals surface area contributed by atoms with E-state index in [2.05, 4.69) is 15.9 Å². The number of carbonyl (C=O) groups excluding carboxylic acids is 1. The highest BCUT2D eigenvalue weighted by molar-refractivity contribution is 9.10. The number of amides is 1. The predicted molar refractivity (Wildman–Crippen MR) is 66.7 cm³/mol. The molecule has 0 N–H and O–H groups in total. The minimum absolute atomic E-state index is 0.00708. The summed E-state index contributed by atoms with van der Waals surface area (Å²) in [6, 6.07) is 3.55. The topological polar surface area (TPSA) is 20.3 Å². The molecule has 0 saturated heterocycles. The first-order valence-corrected chi connectivity index (χ1v) is 6.36. The van der Waals surface area contributed by atoms with E-state index in [0.29, 0.717) is 4.47 Å². The quantitative estimate of drug-likeness (QED) is 0.748. The number of halogens is 5. The first-order valence-electron chi connectivity index (χ1n) is 5.03. The van der Waals surface area contributed by atoms with Crippen LogP contribution in [0.2, 0.25) is 0 Å². The SMILES string of the molecule is O=C(c1cc(F)cc(Br)c1)N(CCCl)CC(F)F. The Morgan fingerprint density at radius 1 is 1.39 bits per heavy atom. The Morgan fingerprint density at radius 2 is 2.06 bits per heavy atom. The molecule has 0 aromatic heterocycles. The number of carbonyl (C=O) groups is 1. The number of hydrogen-bond acceptors (Lipinski definition) is 1. The fourth-order valence-corrected chi connectivity index (χ4v) is 2.07. The largest absolute Gasteiger partial charge is 0.332 e. The number of benzene rings is 1. The van der Waals surface area contributed by atoms with Gasteiger partial charge in [0.05, 0.1) is 6.54 Å². The maximum absolute atomic E-state index is 13.1. The second kappa shape index (κ2) is 6.99. The molecule has 0 aliphatic heterocycles. The van der Waals surface area contributed by atoms with Gasteiger partial charge in [0.15, 0.2) is 0 Å². The van der Waals surface area contributed by atoms with E-state index in [1.807, 2.05) is 0 Å². The normalized spacial score (nSPS) is 10.8. The van der Waals surface area contributed by atoms with Crippen molar-refractivity contribution in [1.29, 1.82) is 0 Å². The van der Waals surface area contributed by atoms with Crippen LogP contribution in [0.5, 0.6) is 0 Å². The van der Waals surface area contributed by atoms with Gasteiger partial charge in [-0.3, -0.25) is 4.79 Å². The number of nitrogens with zero attached hydrogens (tertiary/aromatic N) is 1. The summed E-state index contributed by atoms with van der Waals surface area (Å²) in [5.74, 6) is -1.25. The molecule has 0 unspecified atom stereocenters. The zero-order valence-electron chi connectivity index (χ0n) is 9.18. The van der Waals surface area contributed by atoms with Gasteiger partial charge in [-0.1, -0.05) is 15.9 Å². The van der Waals surface area contributed by atoms with Crippen molar-refractivity contribution in [3.05, 3.63) is 34.1 Å². The van der Waals surface area contributed by atoms with E-state index in [1.165, 1.54) is 12.1 Å². The van der Waals surface area contributed by atoms with Gasteiger partial charge in [0.2, 0.25) is 0 Å². The van der Waals surface area contributed by atoms with E-state index in [-0.39, 0.29) is 18.0 Å². The van der Waals surface area contributed by atoms with Crippen LogP contribution in [0, 0.1) is 5.82 Å². The molecule has 18 heavy (non-hydrogen) atoms. The molecule has 0 heterocycles. The molecule has 0 spiro atoms. The lowest BCUT2D eigenvalue weighted by molar-refractivity contribution is 0.0570. The van der Waals surface area contributed by atoms with E-state index < -0.39 is 24.7 Å². The van der Waals surface area contributed by atoms with Gasteiger partial charge < -0.3 is 4.90 Å². The minimum atomic E-state index is -2.66. The Labute approximate surface area is 116 Å². The molecule has 0 aliphatic rings. The monoisotopic (exact) mass is 343 g/mol. The average Bonchev–Trinajstić information content (AvgIpc) is 2.25. The molecule has 0 bridgehead atoms. The summed E-state index contributed by atoms with van der Waals surface area (Å²) in [7, 11) is 0. The van der Waals surface area contributed by atoms with Crippen molar-refractivity contribution >= 4 is 33.4 Å². The first kappa shape index (κ1) is 15.3. The summed E-state index contributed by atoms with van der Waals surface area (Å²) in [5, 5.41) is 0. The third-order valence-electron chi connectivity index (χ3n) is 2.11. The van der Waals surface area contributed by atoms with Crippen LogP contribution in [0.1, 0.15) is 10.4 Å². The lowest BCUT2D eigenvalue weighted by Gasteiger charge is -2.21. The van der Waals surface area contributed by atoms with Gasteiger partial charge in [-0.05, 0) is 18.2 Å². The van der Waals surface area contributed by atoms with E-state index in [9.17, 15) is 18.0 Å². The molecule has 0 fully saturated rings. The zero-order valence-corrected chi connectivity index (χ0v) is 11.5. The van der Waals surface area contributed by atoms with E-state index in [1.54, 1.807) is 0 Å². The van der Waals surface area contributed by atoms with Crippen molar-refractivity contribution in [2.24, 2.45) is 0 Å². The van der Waals surface area contributed by atoms with Crippen LogP contribution in [-0.4, -0.2) is 36.2 Å². The van der Waals surface area contributed by atoms with Gasteiger partial charge in [0.25, 0.3) is 12.3 Å². The molecule has 2 nitrogen and oxygen atoms in total. The summed E-state index contributed by atoms with van der Waals surface area (Å²) in [5.41, 5.74) is 0.00708. The smallest absolute Gasteiger partial charge is 0.255 e. The number of hydrogen-bond donors (Lipinski definition) is 0. The molecule has 0 radical (unpaired) electrons. The van der Waals surface area contributed by atoms with Gasteiger partial charge in [-0.2, -0.15) is 0 Å². The predicted octanol–water partition coefficient (Wildman–Crippen LogP) is 3.53. The van der Waals surface area contributed by atoms with Crippen molar-refractivity contribution in [2.75, 3.05) is 19.0 Å². The molecular weight excluding hydrogens is 334 g/mol. The van der Waals surface area contributed by atoms with Gasteiger partial charge in [0.1, 0.15) is 5.82 Å². The van der Waals surface area contributed by atoms with Crippen LogP contribution in [0.4, 0.5) is 13.2 Å². The molecule has 1 rings (SSSR count). The van der Waals surface area contributed by atoms with E-state index in [4.69, 9.17) is 11.6 Å². The second-order valence-corrected chi connectivity index (χ2v) is 4.78. The van der Waals surface area contributed by atoms with Gasteiger partial charge in [0, 0.05) is 22.5 Å². The summed E-state index contributed by atoms with van der Waals surface area (Å²) in [6.07, 6.45) is -2.66. The highest BCUT2D eigenvalue weighted by Crippen LogP contribution is 2.17. The molecule has 1 aromatic carbocycles. The molecule has 1 aromatic rings. The maximum atomic E-state index is 13.1. The summed E-state index contributed by atoms with van der Waals surface area (Å²) in [4.78, 5) is 12.8. The van der Waals surface area contributed by atoms with Crippen molar-refractivity contribution in [2.45, 2.75) is 6.43 Å². The molecule has 100 valence electrons. The Balaban J connectivity index is 2.93. The molecule has 0 aliphatic carbocycles.